The molecule has 0 aromatic carbocycles. The lowest BCUT2D eigenvalue weighted by Crippen LogP contribution is -2.31. The number of pyridine rings is 1. The molecule has 1 aliphatic carbocycles. The van der Waals surface area contributed by atoms with Gasteiger partial charge in [-0.1, -0.05) is 32.8 Å². The molecule has 1 fully saturated rings. The molecule has 1 aromatic rings. The van der Waals surface area contributed by atoms with Gasteiger partial charge < -0.3 is 0 Å². The van der Waals surface area contributed by atoms with E-state index in [2.05, 4.69) is 18.8 Å². The highest BCUT2D eigenvalue weighted by molar-refractivity contribution is 5.87. The van der Waals surface area contributed by atoms with Crippen LogP contribution in [0, 0.1) is 11.3 Å². The van der Waals surface area contributed by atoms with Gasteiger partial charge in [-0.2, -0.15) is 0 Å². The van der Waals surface area contributed by atoms with Crippen molar-refractivity contribution < 1.29 is 4.79 Å². The Bertz CT molecular complexity index is 391. The molecule has 2 heteroatoms. The fourth-order valence-corrected chi connectivity index (χ4v) is 3.31. The molecule has 0 unspecified atom stereocenters. The third kappa shape index (κ3) is 2.98. The molecule has 18 heavy (non-hydrogen) atoms. The SMILES string of the molecule is CC(C)CC1(C(=O)Cc2cccnc2)CCCC1. The molecule has 1 heterocycles. The van der Waals surface area contributed by atoms with Crippen LogP contribution in [0.25, 0.3) is 0 Å². The number of hydrogen-bond donors (Lipinski definition) is 0. The van der Waals surface area contributed by atoms with Crippen LogP contribution in [0.4, 0.5) is 0 Å². The van der Waals surface area contributed by atoms with E-state index in [9.17, 15) is 4.79 Å². The predicted molar refractivity (Wildman–Crippen MR) is 73.3 cm³/mol. The third-order valence-corrected chi connectivity index (χ3v) is 4.04. The molecule has 2 rings (SSSR count). The van der Waals surface area contributed by atoms with Crippen LogP contribution in [0.5, 0.6) is 0 Å². The van der Waals surface area contributed by atoms with Gasteiger partial charge in [-0.3, -0.25) is 9.78 Å². The van der Waals surface area contributed by atoms with Crippen LogP contribution in [0.2, 0.25) is 0 Å². The number of hydrogen-bond acceptors (Lipinski definition) is 2. The summed E-state index contributed by atoms with van der Waals surface area (Å²) in [6.45, 7) is 4.44. The summed E-state index contributed by atoms with van der Waals surface area (Å²) in [6.07, 6.45) is 9.78. The molecule has 0 saturated heterocycles. The Kier molecular flexibility index (Phi) is 4.15. The third-order valence-electron chi connectivity index (χ3n) is 4.04. The van der Waals surface area contributed by atoms with Gasteiger partial charge in [0.1, 0.15) is 5.78 Å². The standard InChI is InChI=1S/C16H23NO/c1-13(2)11-16(7-3-4-8-16)15(18)10-14-6-5-9-17-12-14/h5-6,9,12-13H,3-4,7-8,10-11H2,1-2H3. The molecular formula is C16H23NO. The van der Waals surface area contributed by atoms with E-state index < -0.39 is 0 Å². The maximum atomic E-state index is 12.6. The molecule has 98 valence electrons. The number of rotatable bonds is 5. The van der Waals surface area contributed by atoms with E-state index in [1.807, 2.05) is 18.3 Å². The highest BCUT2D eigenvalue weighted by atomic mass is 16.1. The molecule has 2 nitrogen and oxygen atoms in total. The predicted octanol–water partition coefficient (Wildman–Crippen LogP) is 3.80. The van der Waals surface area contributed by atoms with E-state index in [1.165, 1.54) is 12.8 Å². The summed E-state index contributed by atoms with van der Waals surface area (Å²) in [7, 11) is 0. The van der Waals surface area contributed by atoms with Crippen LogP contribution < -0.4 is 0 Å². The normalized spacial score (nSPS) is 18.2. The molecule has 0 aliphatic heterocycles. The zero-order valence-corrected chi connectivity index (χ0v) is 11.5. The topological polar surface area (TPSA) is 30.0 Å². The number of carbonyl (C=O) groups is 1. The number of nitrogens with zero attached hydrogens (tertiary/aromatic N) is 1. The minimum atomic E-state index is -0.0377. The first kappa shape index (κ1) is 13.3. The van der Waals surface area contributed by atoms with Crippen molar-refractivity contribution in [2.45, 2.75) is 52.4 Å². The Hall–Kier alpha value is -1.18. The summed E-state index contributed by atoms with van der Waals surface area (Å²) >= 11 is 0. The molecule has 1 aliphatic rings. The first-order chi connectivity index (χ1) is 8.62. The summed E-state index contributed by atoms with van der Waals surface area (Å²) in [4.78, 5) is 16.7. The maximum absolute atomic E-state index is 12.6. The van der Waals surface area contributed by atoms with Crippen LogP contribution in [0.3, 0.4) is 0 Å². The Morgan fingerprint density at radius 1 is 1.39 bits per heavy atom. The molecule has 0 N–H and O–H groups in total. The van der Waals surface area contributed by atoms with Crippen molar-refractivity contribution in [2.24, 2.45) is 11.3 Å². The second kappa shape index (κ2) is 5.64. The van der Waals surface area contributed by atoms with Gasteiger partial charge in [0.25, 0.3) is 0 Å². The van der Waals surface area contributed by atoms with Crippen molar-refractivity contribution in [1.29, 1.82) is 0 Å². The fourth-order valence-electron chi connectivity index (χ4n) is 3.31. The summed E-state index contributed by atoms with van der Waals surface area (Å²) < 4.78 is 0. The Balaban J connectivity index is 2.09. The Labute approximate surface area is 110 Å². The quantitative estimate of drug-likeness (QED) is 0.789. The van der Waals surface area contributed by atoms with Crippen molar-refractivity contribution in [3.63, 3.8) is 0 Å². The van der Waals surface area contributed by atoms with Crippen LogP contribution in [0.1, 0.15) is 51.5 Å². The molecule has 0 bridgehead atoms. The van der Waals surface area contributed by atoms with E-state index >= 15 is 0 Å². The minimum Gasteiger partial charge on any atom is -0.299 e. The average molecular weight is 245 g/mol. The van der Waals surface area contributed by atoms with Gasteiger partial charge in [-0.25, -0.2) is 0 Å². The van der Waals surface area contributed by atoms with Gasteiger partial charge in [-0.05, 0) is 36.8 Å². The number of ketones is 1. The van der Waals surface area contributed by atoms with E-state index in [0.717, 1.165) is 24.8 Å². The first-order valence-electron chi connectivity index (χ1n) is 7.05. The molecule has 0 spiro atoms. The second-order valence-corrected chi connectivity index (χ2v) is 6.05. The van der Waals surface area contributed by atoms with Gasteiger partial charge in [0.15, 0.2) is 0 Å². The largest absolute Gasteiger partial charge is 0.299 e. The number of aromatic nitrogens is 1. The van der Waals surface area contributed by atoms with E-state index in [-0.39, 0.29) is 5.41 Å². The highest BCUT2D eigenvalue weighted by Gasteiger charge is 2.40. The lowest BCUT2D eigenvalue weighted by molar-refractivity contribution is -0.128. The lowest BCUT2D eigenvalue weighted by Gasteiger charge is -2.29. The smallest absolute Gasteiger partial charge is 0.143 e. The van der Waals surface area contributed by atoms with Gasteiger partial charge in [0, 0.05) is 24.2 Å². The highest BCUT2D eigenvalue weighted by Crippen LogP contribution is 2.44. The Morgan fingerprint density at radius 2 is 2.11 bits per heavy atom. The second-order valence-electron chi connectivity index (χ2n) is 6.05. The molecule has 0 amide bonds. The first-order valence-corrected chi connectivity index (χ1v) is 7.05. The zero-order valence-electron chi connectivity index (χ0n) is 11.5. The number of Topliss-reactive ketones (excluding diaryl/α,β-unsaturated/α-hetero) is 1. The minimum absolute atomic E-state index is 0.0377. The van der Waals surface area contributed by atoms with Crippen LogP contribution in [-0.2, 0) is 11.2 Å². The average Bonchev–Trinajstić information content (AvgIpc) is 2.79. The van der Waals surface area contributed by atoms with Crippen molar-refractivity contribution in [3.8, 4) is 0 Å². The molecular weight excluding hydrogens is 222 g/mol. The zero-order chi connectivity index (χ0) is 13.0. The van der Waals surface area contributed by atoms with Gasteiger partial charge >= 0.3 is 0 Å². The summed E-state index contributed by atoms with van der Waals surface area (Å²) in [5.41, 5.74) is 1.02. The Morgan fingerprint density at radius 3 is 2.67 bits per heavy atom. The van der Waals surface area contributed by atoms with Crippen LogP contribution in [0.15, 0.2) is 24.5 Å². The van der Waals surface area contributed by atoms with E-state index in [0.29, 0.717) is 18.1 Å². The van der Waals surface area contributed by atoms with Gasteiger partial charge in [-0.15, -0.1) is 0 Å². The van der Waals surface area contributed by atoms with Gasteiger partial charge in [0.2, 0.25) is 0 Å². The molecule has 0 radical (unpaired) electrons. The van der Waals surface area contributed by atoms with E-state index in [4.69, 9.17) is 0 Å². The van der Waals surface area contributed by atoms with Crippen LogP contribution >= 0.6 is 0 Å². The summed E-state index contributed by atoms with van der Waals surface area (Å²) in [5.74, 6) is 1.03. The van der Waals surface area contributed by atoms with Crippen molar-refractivity contribution >= 4 is 5.78 Å². The lowest BCUT2D eigenvalue weighted by atomic mass is 9.73. The van der Waals surface area contributed by atoms with Gasteiger partial charge in [0.05, 0.1) is 0 Å². The summed E-state index contributed by atoms with van der Waals surface area (Å²) in [6, 6.07) is 3.91. The maximum Gasteiger partial charge on any atom is 0.143 e. The number of carbonyl (C=O) groups excluding carboxylic acids is 1. The molecule has 1 saturated carbocycles. The van der Waals surface area contributed by atoms with Crippen molar-refractivity contribution in [3.05, 3.63) is 30.1 Å². The fraction of sp³-hybridized carbons (Fsp3) is 0.625. The molecule has 1 aromatic heterocycles. The van der Waals surface area contributed by atoms with Crippen molar-refractivity contribution in [1.82, 2.24) is 4.98 Å². The summed E-state index contributed by atoms with van der Waals surface area (Å²) in [5, 5.41) is 0. The molecule has 0 atom stereocenters. The van der Waals surface area contributed by atoms with Crippen LogP contribution in [-0.4, -0.2) is 10.8 Å². The van der Waals surface area contributed by atoms with Crippen molar-refractivity contribution in [2.75, 3.05) is 0 Å². The van der Waals surface area contributed by atoms with E-state index in [1.54, 1.807) is 6.20 Å². The monoisotopic (exact) mass is 245 g/mol.